The van der Waals surface area contributed by atoms with Gasteiger partial charge in [0.2, 0.25) is 0 Å². The van der Waals surface area contributed by atoms with E-state index >= 15 is 0 Å². The van der Waals surface area contributed by atoms with Crippen molar-refractivity contribution in [2.75, 3.05) is 6.54 Å². The maximum absolute atomic E-state index is 12.2. The van der Waals surface area contributed by atoms with Gasteiger partial charge in [0, 0.05) is 13.1 Å². The first-order valence-electron chi connectivity index (χ1n) is 7.34. The summed E-state index contributed by atoms with van der Waals surface area (Å²) in [5.74, 6) is -2.42. The van der Waals surface area contributed by atoms with Crippen LogP contribution in [0.5, 0.6) is 5.75 Å². The van der Waals surface area contributed by atoms with Crippen LogP contribution in [0, 0.1) is 0 Å². The predicted octanol–water partition coefficient (Wildman–Crippen LogP) is 3.45. The zero-order chi connectivity index (χ0) is 18.1. The number of carbonyl (C=O) groups is 2. The van der Waals surface area contributed by atoms with Crippen molar-refractivity contribution in [2.45, 2.75) is 45.5 Å². The third-order valence-electron chi connectivity index (χ3n) is 3.28. The summed E-state index contributed by atoms with van der Waals surface area (Å²) in [5, 5.41) is 0. The van der Waals surface area contributed by atoms with E-state index in [9.17, 15) is 22.8 Å². The molecule has 2 rings (SSSR count). The predicted molar refractivity (Wildman–Crippen MR) is 78.5 cm³/mol. The molecular weight excluding hydrogens is 327 g/mol. The largest absolute Gasteiger partial charge is 0.491 e. The number of rotatable bonds is 1. The van der Waals surface area contributed by atoms with E-state index in [4.69, 9.17) is 4.74 Å². The van der Waals surface area contributed by atoms with Crippen LogP contribution in [0.4, 0.5) is 18.0 Å². The van der Waals surface area contributed by atoms with Crippen LogP contribution in [0.2, 0.25) is 0 Å². The van der Waals surface area contributed by atoms with Gasteiger partial charge in [-0.05, 0) is 50.5 Å². The molecule has 8 heteroatoms. The number of nitrogens with zero attached hydrogens (tertiary/aromatic N) is 1. The van der Waals surface area contributed by atoms with Crippen molar-refractivity contribution in [3.05, 3.63) is 29.3 Å². The van der Waals surface area contributed by atoms with E-state index in [1.54, 1.807) is 26.8 Å². The second-order valence-corrected chi connectivity index (χ2v) is 6.47. The van der Waals surface area contributed by atoms with E-state index in [0.29, 0.717) is 13.0 Å². The lowest BCUT2D eigenvalue weighted by molar-refractivity contribution is -0.189. The zero-order valence-electron chi connectivity index (χ0n) is 13.6. The maximum atomic E-state index is 12.2. The molecule has 0 unspecified atom stereocenters. The molecule has 24 heavy (non-hydrogen) atoms. The third-order valence-corrected chi connectivity index (χ3v) is 3.28. The van der Waals surface area contributed by atoms with Crippen molar-refractivity contribution in [3.8, 4) is 5.75 Å². The van der Waals surface area contributed by atoms with Gasteiger partial charge in [-0.25, -0.2) is 9.59 Å². The number of hydrogen-bond donors (Lipinski definition) is 0. The fourth-order valence-corrected chi connectivity index (χ4v) is 2.24. The van der Waals surface area contributed by atoms with Crippen LogP contribution >= 0.6 is 0 Å². The summed E-state index contributed by atoms with van der Waals surface area (Å²) in [7, 11) is 0. The Hall–Kier alpha value is -2.25. The van der Waals surface area contributed by atoms with Crippen molar-refractivity contribution in [3.63, 3.8) is 0 Å². The maximum Gasteiger partial charge on any atom is 0.491 e. The van der Waals surface area contributed by atoms with Gasteiger partial charge in [0.25, 0.3) is 0 Å². The average molecular weight is 345 g/mol. The Bertz CT molecular complexity index is 650. The van der Waals surface area contributed by atoms with Gasteiger partial charge in [0.15, 0.2) is 0 Å². The highest BCUT2D eigenvalue weighted by Crippen LogP contribution is 2.26. The number of esters is 1. The summed E-state index contributed by atoms with van der Waals surface area (Å²) in [6.45, 7) is 5.97. The molecule has 0 spiro atoms. The molecule has 132 valence electrons. The summed E-state index contributed by atoms with van der Waals surface area (Å²) in [6, 6.07) is 4.22. The number of carbonyl (C=O) groups excluding carboxylic acids is 2. The van der Waals surface area contributed by atoms with Crippen molar-refractivity contribution in [1.29, 1.82) is 0 Å². The molecule has 1 aromatic rings. The number of amides is 1. The lowest BCUT2D eigenvalue weighted by Crippen LogP contribution is -2.39. The monoisotopic (exact) mass is 345 g/mol. The van der Waals surface area contributed by atoms with Crippen molar-refractivity contribution in [1.82, 2.24) is 4.90 Å². The average Bonchev–Trinajstić information content (AvgIpc) is 2.43. The fraction of sp³-hybridized carbons (Fsp3) is 0.500. The highest BCUT2D eigenvalue weighted by Gasteiger charge is 2.41. The molecule has 1 aliphatic rings. The molecule has 0 aliphatic carbocycles. The van der Waals surface area contributed by atoms with E-state index in [2.05, 4.69) is 4.74 Å². The van der Waals surface area contributed by atoms with Crippen LogP contribution in [-0.4, -0.2) is 35.3 Å². The Morgan fingerprint density at radius 1 is 1.12 bits per heavy atom. The van der Waals surface area contributed by atoms with Crippen molar-refractivity contribution in [2.24, 2.45) is 0 Å². The molecule has 1 aromatic carbocycles. The van der Waals surface area contributed by atoms with Crippen LogP contribution in [0.15, 0.2) is 18.2 Å². The van der Waals surface area contributed by atoms with E-state index in [1.807, 2.05) is 0 Å². The van der Waals surface area contributed by atoms with Gasteiger partial charge in [-0.15, -0.1) is 0 Å². The second-order valence-electron chi connectivity index (χ2n) is 6.47. The summed E-state index contributed by atoms with van der Waals surface area (Å²) < 4.78 is 46.3. The Morgan fingerprint density at radius 3 is 2.38 bits per heavy atom. The number of alkyl halides is 3. The van der Waals surface area contributed by atoms with Crippen LogP contribution in [0.3, 0.4) is 0 Å². The van der Waals surface area contributed by atoms with Gasteiger partial charge in [-0.3, -0.25) is 0 Å². The molecule has 1 aliphatic heterocycles. The molecule has 0 N–H and O–H groups in total. The molecule has 0 atom stereocenters. The smallest absolute Gasteiger partial charge is 0.444 e. The molecule has 0 radical (unpaired) electrons. The van der Waals surface area contributed by atoms with Gasteiger partial charge in [-0.1, -0.05) is 6.07 Å². The molecule has 5 nitrogen and oxygen atoms in total. The van der Waals surface area contributed by atoms with Gasteiger partial charge < -0.3 is 14.4 Å². The molecular formula is C16H18F3NO4. The van der Waals surface area contributed by atoms with E-state index in [0.717, 1.165) is 11.1 Å². The van der Waals surface area contributed by atoms with Gasteiger partial charge >= 0.3 is 18.2 Å². The van der Waals surface area contributed by atoms with Crippen LogP contribution in [0.25, 0.3) is 0 Å². The zero-order valence-corrected chi connectivity index (χ0v) is 13.6. The molecule has 0 saturated carbocycles. The first-order chi connectivity index (χ1) is 11.0. The van der Waals surface area contributed by atoms with Crippen LogP contribution < -0.4 is 4.74 Å². The Kier molecular flexibility index (Phi) is 4.77. The standard InChI is InChI=1S/C16H18F3NO4/c1-15(2,3)24-14(22)20-7-6-10-8-12(5-4-11(10)9-20)23-13(21)16(17,18)19/h4-5,8H,6-7,9H2,1-3H3. The van der Waals surface area contributed by atoms with Crippen LogP contribution in [-0.2, 0) is 22.5 Å². The normalized spacial score (nSPS) is 14.8. The van der Waals surface area contributed by atoms with Crippen molar-refractivity contribution < 1.29 is 32.2 Å². The molecule has 0 fully saturated rings. The number of ether oxygens (including phenoxy) is 2. The third kappa shape index (κ3) is 4.62. The quantitative estimate of drug-likeness (QED) is 0.578. The number of benzene rings is 1. The molecule has 1 heterocycles. The van der Waals surface area contributed by atoms with E-state index < -0.39 is 23.8 Å². The minimum atomic E-state index is -5.04. The van der Waals surface area contributed by atoms with Crippen molar-refractivity contribution >= 4 is 12.1 Å². The topological polar surface area (TPSA) is 55.8 Å². The lowest BCUT2D eigenvalue weighted by atomic mass is 10.00. The van der Waals surface area contributed by atoms with E-state index in [-0.39, 0.29) is 12.3 Å². The molecule has 0 bridgehead atoms. The summed E-state index contributed by atoms with van der Waals surface area (Å²) in [6.07, 6.45) is -5.05. The Labute approximate surface area is 137 Å². The summed E-state index contributed by atoms with van der Waals surface area (Å²) in [5.41, 5.74) is 0.911. The number of hydrogen-bond acceptors (Lipinski definition) is 4. The van der Waals surface area contributed by atoms with Crippen LogP contribution in [0.1, 0.15) is 31.9 Å². The van der Waals surface area contributed by atoms with Gasteiger partial charge in [0.05, 0.1) is 0 Å². The molecule has 0 saturated heterocycles. The summed E-state index contributed by atoms with van der Waals surface area (Å²) >= 11 is 0. The minimum absolute atomic E-state index is 0.165. The van der Waals surface area contributed by atoms with E-state index in [1.165, 1.54) is 17.0 Å². The summed E-state index contributed by atoms with van der Waals surface area (Å²) in [4.78, 5) is 24.4. The SMILES string of the molecule is CC(C)(C)OC(=O)N1CCc2cc(OC(=O)C(F)(F)F)ccc2C1. The Morgan fingerprint density at radius 2 is 1.79 bits per heavy atom. The molecule has 1 amide bonds. The highest BCUT2D eigenvalue weighted by molar-refractivity contribution is 5.78. The lowest BCUT2D eigenvalue weighted by Gasteiger charge is -2.31. The highest BCUT2D eigenvalue weighted by atomic mass is 19.4. The van der Waals surface area contributed by atoms with Gasteiger partial charge in [-0.2, -0.15) is 13.2 Å². The first-order valence-corrected chi connectivity index (χ1v) is 7.34. The Balaban J connectivity index is 2.07. The number of halogens is 3. The second kappa shape index (κ2) is 6.33. The van der Waals surface area contributed by atoms with Gasteiger partial charge in [0.1, 0.15) is 11.4 Å². The first kappa shape index (κ1) is 18.1. The fourth-order valence-electron chi connectivity index (χ4n) is 2.24. The minimum Gasteiger partial charge on any atom is -0.444 e. The molecule has 0 aromatic heterocycles. The number of fused-ring (bicyclic) bond motifs is 1.